The van der Waals surface area contributed by atoms with Crippen LogP contribution in [-0.4, -0.2) is 34.0 Å². The smallest absolute Gasteiger partial charge is 0.125 e. The zero-order valence-corrected chi connectivity index (χ0v) is 18.5. The number of likely N-dealkylation sites (tertiary alicyclic amines) is 1. The number of aromatic nitrogens is 2. The lowest BCUT2D eigenvalue weighted by molar-refractivity contribution is 0.131. The van der Waals surface area contributed by atoms with E-state index in [2.05, 4.69) is 64.4 Å². The molecule has 150 valence electrons. The van der Waals surface area contributed by atoms with Gasteiger partial charge in [0.05, 0.1) is 21.4 Å². The highest BCUT2D eigenvalue weighted by Gasteiger charge is 2.31. The SMILES string of the molecule is CCC1C(c2cc3c(Nc4ccc5scnc5c4)ccnc3s2)CCCN1CC. The number of nitrogens with zero attached hydrogens (tertiary/aromatic N) is 3. The van der Waals surface area contributed by atoms with Crippen molar-refractivity contribution >= 4 is 54.5 Å². The Morgan fingerprint density at radius 2 is 2.10 bits per heavy atom. The number of benzene rings is 1. The second kappa shape index (κ2) is 8.01. The lowest BCUT2D eigenvalue weighted by Gasteiger charge is -2.40. The van der Waals surface area contributed by atoms with Gasteiger partial charge in [-0.15, -0.1) is 22.7 Å². The van der Waals surface area contributed by atoms with Gasteiger partial charge in [-0.3, -0.25) is 0 Å². The maximum absolute atomic E-state index is 4.68. The molecule has 2 atom stereocenters. The highest BCUT2D eigenvalue weighted by molar-refractivity contribution is 7.18. The maximum Gasteiger partial charge on any atom is 0.125 e. The van der Waals surface area contributed by atoms with Gasteiger partial charge in [-0.2, -0.15) is 0 Å². The fourth-order valence-corrected chi connectivity index (χ4v) is 6.61. The summed E-state index contributed by atoms with van der Waals surface area (Å²) in [7, 11) is 0. The van der Waals surface area contributed by atoms with Crippen LogP contribution in [0.1, 0.15) is 43.9 Å². The minimum atomic E-state index is 0.618. The summed E-state index contributed by atoms with van der Waals surface area (Å²) < 4.78 is 1.22. The van der Waals surface area contributed by atoms with E-state index in [1.165, 1.54) is 40.8 Å². The summed E-state index contributed by atoms with van der Waals surface area (Å²) in [6.07, 6.45) is 5.70. The number of likely N-dealkylation sites (N-methyl/N-ethyl adjacent to an activating group) is 1. The van der Waals surface area contributed by atoms with E-state index in [4.69, 9.17) is 0 Å². The molecule has 0 radical (unpaired) electrons. The van der Waals surface area contributed by atoms with Crippen molar-refractivity contribution in [1.29, 1.82) is 0 Å². The monoisotopic (exact) mass is 422 g/mol. The van der Waals surface area contributed by atoms with Gasteiger partial charge in [0.25, 0.3) is 0 Å². The van der Waals surface area contributed by atoms with E-state index in [0.717, 1.165) is 28.3 Å². The number of piperidine rings is 1. The molecule has 0 bridgehead atoms. The molecule has 29 heavy (non-hydrogen) atoms. The molecule has 1 N–H and O–H groups in total. The number of hydrogen-bond acceptors (Lipinski definition) is 6. The van der Waals surface area contributed by atoms with Crippen LogP contribution in [-0.2, 0) is 0 Å². The average Bonchev–Trinajstić information content (AvgIpc) is 3.40. The number of pyridine rings is 1. The van der Waals surface area contributed by atoms with Crippen LogP contribution in [0.4, 0.5) is 11.4 Å². The normalized spacial score (nSPS) is 20.5. The molecule has 0 saturated carbocycles. The Morgan fingerprint density at radius 3 is 2.97 bits per heavy atom. The average molecular weight is 423 g/mol. The van der Waals surface area contributed by atoms with Crippen molar-refractivity contribution in [3.05, 3.63) is 46.9 Å². The van der Waals surface area contributed by atoms with Crippen molar-refractivity contribution in [2.24, 2.45) is 0 Å². The van der Waals surface area contributed by atoms with E-state index < -0.39 is 0 Å². The van der Waals surface area contributed by atoms with Crippen molar-refractivity contribution in [2.45, 2.75) is 45.1 Å². The minimum absolute atomic E-state index is 0.618. The third kappa shape index (κ3) is 3.54. The van der Waals surface area contributed by atoms with Crippen molar-refractivity contribution in [3.63, 3.8) is 0 Å². The highest BCUT2D eigenvalue weighted by Crippen LogP contribution is 2.41. The summed E-state index contributed by atoms with van der Waals surface area (Å²) in [5.74, 6) is 0.618. The van der Waals surface area contributed by atoms with Crippen molar-refractivity contribution in [2.75, 3.05) is 18.4 Å². The Labute approximate surface area is 179 Å². The Morgan fingerprint density at radius 1 is 1.17 bits per heavy atom. The topological polar surface area (TPSA) is 41.1 Å². The predicted molar refractivity (Wildman–Crippen MR) is 126 cm³/mol. The number of hydrogen-bond donors (Lipinski definition) is 1. The van der Waals surface area contributed by atoms with Gasteiger partial charge < -0.3 is 10.2 Å². The summed E-state index contributed by atoms with van der Waals surface area (Å²) in [5.41, 5.74) is 5.15. The van der Waals surface area contributed by atoms with E-state index >= 15 is 0 Å². The van der Waals surface area contributed by atoms with E-state index in [1.807, 2.05) is 23.0 Å². The standard InChI is InChI=1S/C23H26N4S2/c1-3-20-16(6-5-11-27(20)4-2)22-13-17-18(9-10-24-23(17)29-22)26-15-7-8-21-19(12-15)25-14-28-21/h7-10,12-14,16,20H,3-6,11H2,1-2H3,(H,24,26). The number of anilines is 2. The van der Waals surface area contributed by atoms with Gasteiger partial charge in [-0.25, -0.2) is 9.97 Å². The fourth-order valence-electron chi connectivity index (χ4n) is 4.74. The first-order chi connectivity index (χ1) is 14.3. The molecular weight excluding hydrogens is 396 g/mol. The number of fused-ring (bicyclic) bond motifs is 2. The van der Waals surface area contributed by atoms with Gasteiger partial charge in [0.2, 0.25) is 0 Å². The zero-order valence-electron chi connectivity index (χ0n) is 16.9. The van der Waals surface area contributed by atoms with Gasteiger partial charge in [-0.1, -0.05) is 13.8 Å². The molecule has 4 nitrogen and oxygen atoms in total. The first kappa shape index (κ1) is 19.0. The van der Waals surface area contributed by atoms with Crippen LogP contribution in [0, 0.1) is 0 Å². The Kier molecular flexibility index (Phi) is 5.24. The van der Waals surface area contributed by atoms with Gasteiger partial charge in [0.15, 0.2) is 0 Å². The third-order valence-corrected chi connectivity index (χ3v) is 8.13. The van der Waals surface area contributed by atoms with E-state index in [0.29, 0.717) is 12.0 Å². The largest absolute Gasteiger partial charge is 0.355 e. The van der Waals surface area contributed by atoms with Crippen molar-refractivity contribution in [1.82, 2.24) is 14.9 Å². The first-order valence-electron chi connectivity index (χ1n) is 10.5. The molecule has 6 heteroatoms. The molecular formula is C23H26N4S2. The van der Waals surface area contributed by atoms with Crippen molar-refractivity contribution in [3.8, 4) is 0 Å². The summed E-state index contributed by atoms with van der Waals surface area (Å²) in [5, 5.41) is 4.84. The number of rotatable bonds is 5. The molecule has 4 aromatic rings. The van der Waals surface area contributed by atoms with E-state index in [9.17, 15) is 0 Å². The second-order valence-electron chi connectivity index (χ2n) is 7.74. The molecule has 1 aliphatic rings. The van der Waals surface area contributed by atoms with E-state index in [-0.39, 0.29) is 0 Å². The molecule has 2 unspecified atom stereocenters. The summed E-state index contributed by atoms with van der Waals surface area (Å²) in [6, 6.07) is 11.5. The first-order valence-corrected chi connectivity index (χ1v) is 12.2. The van der Waals surface area contributed by atoms with Crippen LogP contribution in [0.5, 0.6) is 0 Å². The molecule has 1 fully saturated rings. The third-order valence-electron chi connectivity index (χ3n) is 6.15. The molecule has 0 amide bonds. The number of nitrogens with one attached hydrogen (secondary N) is 1. The van der Waals surface area contributed by atoms with Gasteiger partial charge >= 0.3 is 0 Å². The molecule has 1 aromatic carbocycles. The zero-order chi connectivity index (χ0) is 19.8. The molecule has 5 rings (SSSR count). The van der Waals surface area contributed by atoms with Crippen LogP contribution in [0.25, 0.3) is 20.4 Å². The Balaban J connectivity index is 1.49. The van der Waals surface area contributed by atoms with Gasteiger partial charge in [0, 0.05) is 34.1 Å². The van der Waals surface area contributed by atoms with Crippen LogP contribution in [0.3, 0.4) is 0 Å². The molecule has 0 spiro atoms. The molecule has 3 aromatic heterocycles. The lowest BCUT2D eigenvalue weighted by atomic mass is 9.86. The van der Waals surface area contributed by atoms with Crippen LogP contribution < -0.4 is 5.32 Å². The van der Waals surface area contributed by atoms with Crippen molar-refractivity contribution < 1.29 is 0 Å². The second-order valence-corrected chi connectivity index (χ2v) is 9.69. The van der Waals surface area contributed by atoms with Crippen LogP contribution >= 0.6 is 22.7 Å². The molecule has 4 heterocycles. The molecule has 1 saturated heterocycles. The lowest BCUT2D eigenvalue weighted by Crippen LogP contribution is -2.43. The quantitative estimate of drug-likeness (QED) is 0.392. The fraction of sp³-hybridized carbons (Fsp3) is 0.391. The van der Waals surface area contributed by atoms with E-state index in [1.54, 1.807) is 11.3 Å². The summed E-state index contributed by atoms with van der Waals surface area (Å²) in [6.45, 7) is 7.00. The summed E-state index contributed by atoms with van der Waals surface area (Å²) >= 11 is 3.55. The number of thiazole rings is 1. The maximum atomic E-state index is 4.68. The van der Waals surface area contributed by atoms with Crippen LogP contribution in [0.15, 0.2) is 42.0 Å². The summed E-state index contributed by atoms with van der Waals surface area (Å²) in [4.78, 5) is 14.4. The van der Waals surface area contributed by atoms with Gasteiger partial charge in [0.1, 0.15) is 4.83 Å². The predicted octanol–water partition coefficient (Wildman–Crippen LogP) is 6.63. The van der Waals surface area contributed by atoms with Gasteiger partial charge in [-0.05, 0) is 62.7 Å². The Bertz CT molecular complexity index is 1130. The molecule has 1 aliphatic heterocycles. The minimum Gasteiger partial charge on any atom is -0.355 e. The highest BCUT2D eigenvalue weighted by atomic mass is 32.1. The number of thiophene rings is 1. The molecule has 0 aliphatic carbocycles. The van der Waals surface area contributed by atoms with Crippen LogP contribution in [0.2, 0.25) is 0 Å². The Hall–Kier alpha value is -2.02.